The Labute approximate surface area is 139 Å². The third-order valence-corrected chi connectivity index (χ3v) is 4.20. The van der Waals surface area contributed by atoms with E-state index in [0.717, 1.165) is 35.3 Å². The third kappa shape index (κ3) is 2.74. The number of aromatic nitrogens is 2. The van der Waals surface area contributed by atoms with Gasteiger partial charge in [-0.15, -0.1) is 0 Å². The molecule has 2 aromatic heterocycles. The zero-order valence-corrected chi connectivity index (χ0v) is 13.1. The van der Waals surface area contributed by atoms with Gasteiger partial charge in [0.25, 0.3) is 0 Å². The number of rotatable bonds is 4. The molecule has 0 radical (unpaired) electrons. The molecule has 0 atom stereocenters. The number of fused-ring (bicyclic) bond motifs is 1. The molecule has 0 saturated heterocycles. The Hall–Kier alpha value is -3.13. The van der Waals surface area contributed by atoms with Crippen LogP contribution < -0.4 is 5.32 Å². The van der Waals surface area contributed by atoms with Crippen molar-refractivity contribution >= 4 is 17.4 Å². The minimum Gasteiger partial charge on any atom is -0.312 e. The van der Waals surface area contributed by atoms with E-state index < -0.39 is 0 Å². The number of benzene rings is 1. The van der Waals surface area contributed by atoms with E-state index in [4.69, 9.17) is 6.57 Å². The van der Waals surface area contributed by atoms with E-state index in [-0.39, 0.29) is 11.8 Å². The summed E-state index contributed by atoms with van der Waals surface area (Å²) < 4.78 is 1.98. The van der Waals surface area contributed by atoms with Crippen LogP contribution in [0.2, 0.25) is 0 Å². The van der Waals surface area contributed by atoms with Crippen LogP contribution in [0.25, 0.3) is 21.7 Å². The topological polar surface area (TPSA) is 50.8 Å². The molecule has 118 valence electrons. The van der Waals surface area contributed by atoms with Crippen LogP contribution in [0.5, 0.6) is 0 Å². The minimum atomic E-state index is 0.0588. The van der Waals surface area contributed by atoms with Crippen LogP contribution in [0.4, 0.5) is 5.82 Å². The van der Waals surface area contributed by atoms with Crippen molar-refractivity contribution < 1.29 is 4.79 Å². The van der Waals surface area contributed by atoms with Gasteiger partial charge in [-0.25, -0.2) is 11.6 Å². The molecule has 2 heterocycles. The van der Waals surface area contributed by atoms with Crippen molar-refractivity contribution in [1.82, 2.24) is 9.38 Å². The molecular formula is C19H16N4O. The van der Waals surface area contributed by atoms with Crippen molar-refractivity contribution in [2.24, 2.45) is 5.92 Å². The standard InChI is InChI=1S/C19H16N4O/c1-20-11-13-5-7-14(8-6-13)16-3-2-4-18-21-17(12-23(16)18)22-19(24)15-9-10-15/h2-8,12,15H,9-11H2,(H,22,24). The Bertz CT molecular complexity index is 946. The Kier molecular flexibility index (Phi) is 3.51. The molecule has 1 aliphatic carbocycles. The van der Waals surface area contributed by atoms with Gasteiger partial charge in [-0.05, 0) is 30.5 Å². The van der Waals surface area contributed by atoms with E-state index in [1.807, 2.05) is 53.1 Å². The average Bonchev–Trinajstić information content (AvgIpc) is 3.36. The molecule has 1 aromatic carbocycles. The molecule has 1 fully saturated rings. The quantitative estimate of drug-likeness (QED) is 0.745. The highest BCUT2D eigenvalue weighted by Crippen LogP contribution is 2.30. The number of anilines is 1. The van der Waals surface area contributed by atoms with Gasteiger partial charge in [0.2, 0.25) is 12.5 Å². The second kappa shape index (κ2) is 5.82. The van der Waals surface area contributed by atoms with E-state index in [2.05, 4.69) is 15.1 Å². The minimum absolute atomic E-state index is 0.0588. The van der Waals surface area contributed by atoms with E-state index in [9.17, 15) is 4.79 Å². The van der Waals surface area contributed by atoms with Gasteiger partial charge in [-0.3, -0.25) is 9.20 Å². The number of nitrogens with one attached hydrogen (secondary N) is 1. The summed E-state index contributed by atoms with van der Waals surface area (Å²) in [5, 5.41) is 2.89. The van der Waals surface area contributed by atoms with Gasteiger partial charge in [-0.2, -0.15) is 0 Å². The summed E-state index contributed by atoms with van der Waals surface area (Å²) in [5.41, 5.74) is 3.85. The largest absolute Gasteiger partial charge is 0.312 e. The van der Waals surface area contributed by atoms with Crippen molar-refractivity contribution in [3.8, 4) is 11.3 Å². The SMILES string of the molecule is [C-]#[N+]Cc1ccc(-c2cccc3nc(NC(=O)C4CC4)cn23)cc1. The maximum Gasteiger partial charge on any atom is 0.239 e. The number of hydrogen-bond donors (Lipinski definition) is 1. The number of carbonyl (C=O) groups excluding carboxylic acids is 1. The molecule has 4 rings (SSSR count). The molecule has 1 saturated carbocycles. The molecule has 1 N–H and O–H groups in total. The molecule has 0 spiro atoms. The summed E-state index contributed by atoms with van der Waals surface area (Å²) in [5.74, 6) is 0.803. The summed E-state index contributed by atoms with van der Waals surface area (Å²) in [7, 11) is 0. The lowest BCUT2D eigenvalue weighted by Gasteiger charge is -2.05. The first-order chi connectivity index (χ1) is 11.7. The van der Waals surface area contributed by atoms with E-state index in [1.165, 1.54) is 0 Å². The summed E-state index contributed by atoms with van der Waals surface area (Å²) in [6, 6.07) is 13.9. The Morgan fingerprint density at radius 3 is 2.75 bits per heavy atom. The zero-order valence-electron chi connectivity index (χ0n) is 13.1. The predicted molar refractivity (Wildman–Crippen MR) is 92.3 cm³/mol. The molecule has 5 heteroatoms. The first-order valence-electron chi connectivity index (χ1n) is 7.96. The van der Waals surface area contributed by atoms with Crippen LogP contribution >= 0.6 is 0 Å². The molecule has 1 amide bonds. The van der Waals surface area contributed by atoms with Crippen LogP contribution in [0.3, 0.4) is 0 Å². The highest BCUT2D eigenvalue weighted by Gasteiger charge is 2.30. The summed E-state index contributed by atoms with van der Waals surface area (Å²) in [6.07, 6.45) is 3.81. The first kappa shape index (κ1) is 14.5. The van der Waals surface area contributed by atoms with Crippen molar-refractivity contribution in [2.75, 3.05) is 5.32 Å². The van der Waals surface area contributed by atoms with Gasteiger partial charge in [0.1, 0.15) is 5.65 Å². The molecule has 0 bridgehead atoms. The number of nitrogens with zero attached hydrogens (tertiary/aromatic N) is 3. The smallest absolute Gasteiger partial charge is 0.239 e. The summed E-state index contributed by atoms with van der Waals surface area (Å²) in [6.45, 7) is 7.33. The molecular weight excluding hydrogens is 300 g/mol. The molecule has 24 heavy (non-hydrogen) atoms. The van der Waals surface area contributed by atoms with E-state index in [1.54, 1.807) is 0 Å². The number of pyridine rings is 1. The Balaban J connectivity index is 1.68. The van der Waals surface area contributed by atoms with Crippen LogP contribution in [0.15, 0.2) is 48.7 Å². The number of amides is 1. The van der Waals surface area contributed by atoms with Crippen molar-refractivity contribution in [2.45, 2.75) is 19.4 Å². The fourth-order valence-electron chi connectivity index (χ4n) is 2.75. The third-order valence-electron chi connectivity index (χ3n) is 4.20. The Morgan fingerprint density at radius 2 is 2.04 bits per heavy atom. The predicted octanol–water partition coefficient (Wildman–Crippen LogP) is 3.77. The van der Waals surface area contributed by atoms with Crippen LogP contribution in [0.1, 0.15) is 18.4 Å². The van der Waals surface area contributed by atoms with Gasteiger partial charge in [0.15, 0.2) is 5.82 Å². The van der Waals surface area contributed by atoms with Crippen molar-refractivity contribution in [3.05, 3.63) is 65.6 Å². The fraction of sp³-hybridized carbons (Fsp3) is 0.211. The van der Waals surface area contributed by atoms with E-state index >= 15 is 0 Å². The lowest BCUT2D eigenvalue weighted by molar-refractivity contribution is -0.117. The highest BCUT2D eigenvalue weighted by molar-refractivity contribution is 5.93. The van der Waals surface area contributed by atoms with Gasteiger partial charge in [0.05, 0.1) is 11.9 Å². The van der Waals surface area contributed by atoms with Gasteiger partial charge in [0, 0.05) is 11.5 Å². The van der Waals surface area contributed by atoms with Crippen LogP contribution in [0, 0.1) is 12.5 Å². The highest BCUT2D eigenvalue weighted by atomic mass is 16.2. The molecule has 0 unspecified atom stereocenters. The lowest BCUT2D eigenvalue weighted by atomic mass is 10.1. The maximum absolute atomic E-state index is 11.9. The Morgan fingerprint density at radius 1 is 1.25 bits per heavy atom. The van der Waals surface area contributed by atoms with Crippen molar-refractivity contribution in [1.29, 1.82) is 0 Å². The van der Waals surface area contributed by atoms with Gasteiger partial charge in [-0.1, -0.05) is 30.3 Å². The molecule has 0 aliphatic heterocycles. The number of imidazole rings is 1. The van der Waals surface area contributed by atoms with Crippen LogP contribution in [-0.2, 0) is 11.3 Å². The monoisotopic (exact) mass is 316 g/mol. The average molecular weight is 316 g/mol. The van der Waals surface area contributed by atoms with Gasteiger partial charge < -0.3 is 10.2 Å². The van der Waals surface area contributed by atoms with Gasteiger partial charge >= 0.3 is 0 Å². The normalized spacial score (nSPS) is 13.6. The first-order valence-corrected chi connectivity index (χ1v) is 7.96. The second-order valence-corrected chi connectivity index (χ2v) is 6.04. The molecule has 3 aromatic rings. The van der Waals surface area contributed by atoms with Crippen LogP contribution in [-0.4, -0.2) is 15.3 Å². The summed E-state index contributed by atoms with van der Waals surface area (Å²) in [4.78, 5) is 19.8. The number of carbonyl (C=O) groups is 1. The van der Waals surface area contributed by atoms with Crippen molar-refractivity contribution in [3.63, 3.8) is 0 Å². The molecule has 5 nitrogen and oxygen atoms in total. The number of hydrogen-bond acceptors (Lipinski definition) is 2. The van der Waals surface area contributed by atoms with E-state index in [0.29, 0.717) is 12.4 Å². The lowest BCUT2D eigenvalue weighted by Crippen LogP contribution is -2.13. The summed E-state index contributed by atoms with van der Waals surface area (Å²) >= 11 is 0. The zero-order chi connectivity index (χ0) is 16.5. The fourth-order valence-corrected chi connectivity index (χ4v) is 2.75. The molecule has 1 aliphatic rings. The second-order valence-electron chi connectivity index (χ2n) is 6.04. The maximum atomic E-state index is 11.9.